The van der Waals surface area contributed by atoms with Crippen LogP contribution < -0.4 is 10.0 Å². The van der Waals surface area contributed by atoms with Crippen molar-refractivity contribution >= 4 is 26.0 Å². The number of benzene rings is 1. The Morgan fingerprint density at radius 2 is 2.05 bits per heavy atom. The molecule has 1 aliphatic rings. The van der Waals surface area contributed by atoms with Gasteiger partial charge in [0.2, 0.25) is 10.0 Å². The first-order chi connectivity index (χ1) is 9.85. The van der Waals surface area contributed by atoms with Gasteiger partial charge in [-0.2, -0.15) is 0 Å². The van der Waals surface area contributed by atoms with Crippen molar-refractivity contribution in [3.8, 4) is 0 Å². The van der Waals surface area contributed by atoms with Crippen LogP contribution in [0.15, 0.2) is 21.5 Å². The number of rotatable bonds is 7. The average molecular weight is 375 g/mol. The fraction of sp³-hybridized carbons (Fsp3) is 0.600. The average Bonchev–Trinajstić information content (AvgIpc) is 3.23. The van der Waals surface area contributed by atoms with Crippen LogP contribution in [0.4, 0.5) is 0 Å². The molecular weight excluding hydrogens is 352 g/mol. The topological polar surface area (TPSA) is 58.2 Å². The summed E-state index contributed by atoms with van der Waals surface area (Å²) in [5.41, 5.74) is 1.92. The van der Waals surface area contributed by atoms with Crippen LogP contribution in [0.2, 0.25) is 0 Å². The molecule has 1 aromatic carbocycles. The highest BCUT2D eigenvalue weighted by atomic mass is 79.9. The maximum absolute atomic E-state index is 12.6. The summed E-state index contributed by atoms with van der Waals surface area (Å²) in [6.07, 6.45) is 2.23. The van der Waals surface area contributed by atoms with Gasteiger partial charge in [-0.25, -0.2) is 13.1 Å². The van der Waals surface area contributed by atoms with E-state index in [-0.39, 0.29) is 6.04 Å². The Balaban J connectivity index is 2.29. The number of nitrogens with one attached hydrogen (secondary N) is 2. The van der Waals surface area contributed by atoms with Gasteiger partial charge in [-0.1, -0.05) is 13.0 Å². The summed E-state index contributed by atoms with van der Waals surface area (Å²) in [5.74, 6) is 0.490. The number of halogens is 1. The van der Waals surface area contributed by atoms with Crippen LogP contribution in [-0.2, 0) is 16.6 Å². The molecule has 0 aliphatic heterocycles. The van der Waals surface area contributed by atoms with E-state index in [2.05, 4.69) is 26.0 Å². The highest BCUT2D eigenvalue weighted by molar-refractivity contribution is 9.10. The normalized spacial score (nSPS) is 17.0. The molecule has 1 aliphatic carbocycles. The zero-order chi connectivity index (χ0) is 15.6. The molecule has 0 radical (unpaired) electrons. The van der Waals surface area contributed by atoms with E-state index in [1.54, 1.807) is 6.07 Å². The maximum Gasteiger partial charge on any atom is 0.241 e. The van der Waals surface area contributed by atoms with Crippen LogP contribution in [-0.4, -0.2) is 21.0 Å². The van der Waals surface area contributed by atoms with Gasteiger partial charge in [0.1, 0.15) is 0 Å². The van der Waals surface area contributed by atoms with E-state index in [1.807, 2.05) is 26.8 Å². The van der Waals surface area contributed by atoms with Crippen molar-refractivity contribution < 1.29 is 8.42 Å². The van der Waals surface area contributed by atoms with Gasteiger partial charge in [0.25, 0.3) is 0 Å². The van der Waals surface area contributed by atoms with Crippen LogP contribution in [0.1, 0.15) is 37.8 Å². The second-order valence-corrected chi connectivity index (χ2v) is 8.23. The first-order valence-corrected chi connectivity index (χ1v) is 9.65. The lowest BCUT2D eigenvalue weighted by Gasteiger charge is -2.16. The molecule has 1 aromatic rings. The van der Waals surface area contributed by atoms with Crippen molar-refractivity contribution in [3.63, 3.8) is 0 Å². The number of hydrogen-bond acceptors (Lipinski definition) is 3. The summed E-state index contributed by atoms with van der Waals surface area (Å²) < 4.78 is 28.7. The molecule has 118 valence electrons. The van der Waals surface area contributed by atoms with Crippen molar-refractivity contribution in [3.05, 3.63) is 27.7 Å². The van der Waals surface area contributed by atoms with E-state index >= 15 is 0 Å². The second-order valence-electron chi connectivity index (χ2n) is 5.75. The Labute approximate surface area is 135 Å². The van der Waals surface area contributed by atoms with Gasteiger partial charge in [-0.3, -0.25) is 0 Å². The summed E-state index contributed by atoms with van der Waals surface area (Å²) in [6, 6.07) is 3.76. The van der Waals surface area contributed by atoms with Gasteiger partial charge >= 0.3 is 0 Å². The SMILES string of the molecule is CCNCc1cc(C)c(Br)c(S(=O)(=O)NC(C)C2CC2)c1. The van der Waals surface area contributed by atoms with Crippen molar-refractivity contribution in [1.82, 2.24) is 10.0 Å². The zero-order valence-corrected chi connectivity index (χ0v) is 15.1. The lowest BCUT2D eigenvalue weighted by Crippen LogP contribution is -2.34. The van der Waals surface area contributed by atoms with Crippen LogP contribution in [0, 0.1) is 12.8 Å². The maximum atomic E-state index is 12.6. The van der Waals surface area contributed by atoms with Gasteiger partial charge in [-0.15, -0.1) is 0 Å². The molecule has 1 saturated carbocycles. The summed E-state index contributed by atoms with van der Waals surface area (Å²) in [6.45, 7) is 7.42. The molecule has 21 heavy (non-hydrogen) atoms. The van der Waals surface area contributed by atoms with Crippen LogP contribution >= 0.6 is 15.9 Å². The van der Waals surface area contributed by atoms with Crippen LogP contribution in [0.3, 0.4) is 0 Å². The third-order valence-electron chi connectivity index (χ3n) is 3.82. The Morgan fingerprint density at radius 1 is 1.38 bits per heavy atom. The highest BCUT2D eigenvalue weighted by Gasteiger charge is 2.32. The Hall–Kier alpha value is -0.430. The van der Waals surface area contributed by atoms with Crippen molar-refractivity contribution in [2.24, 2.45) is 5.92 Å². The summed E-state index contributed by atoms with van der Waals surface area (Å²) in [7, 11) is -3.49. The summed E-state index contributed by atoms with van der Waals surface area (Å²) >= 11 is 3.42. The van der Waals surface area contributed by atoms with E-state index in [1.165, 1.54) is 0 Å². The van der Waals surface area contributed by atoms with Crippen molar-refractivity contribution in [1.29, 1.82) is 0 Å². The standard InChI is InChI=1S/C15H23BrN2O2S/c1-4-17-9-12-7-10(2)15(16)14(8-12)21(19,20)18-11(3)13-5-6-13/h7-8,11,13,17-18H,4-6,9H2,1-3H3. The minimum absolute atomic E-state index is 0.000343. The molecule has 0 spiro atoms. The van der Waals surface area contributed by atoms with E-state index < -0.39 is 10.0 Å². The first-order valence-electron chi connectivity index (χ1n) is 7.37. The lowest BCUT2D eigenvalue weighted by atomic mass is 10.1. The number of hydrogen-bond donors (Lipinski definition) is 2. The molecule has 0 aromatic heterocycles. The second kappa shape index (κ2) is 6.77. The minimum Gasteiger partial charge on any atom is -0.313 e. The quantitative estimate of drug-likeness (QED) is 0.771. The lowest BCUT2D eigenvalue weighted by molar-refractivity contribution is 0.537. The van der Waals surface area contributed by atoms with Gasteiger partial charge in [0, 0.05) is 17.1 Å². The van der Waals surface area contributed by atoms with E-state index in [4.69, 9.17) is 0 Å². The molecule has 1 unspecified atom stereocenters. The molecule has 1 atom stereocenters. The van der Waals surface area contributed by atoms with Crippen LogP contribution in [0.25, 0.3) is 0 Å². The molecule has 0 heterocycles. The summed E-state index contributed by atoms with van der Waals surface area (Å²) in [4.78, 5) is 0.336. The molecule has 2 rings (SSSR count). The molecule has 0 amide bonds. The first kappa shape index (κ1) is 16.9. The third-order valence-corrected chi connectivity index (χ3v) is 6.72. The smallest absolute Gasteiger partial charge is 0.241 e. The Kier molecular flexibility index (Phi) is 5.46. The molecule has 0 saturated heterocycles. The molecular formula is C15H23BrN2O2S. The number of sulfonamides is 1. The van der Waals surface area contributed by atoms with Gasteiger partial charge in [0.15, 0.2) is 0 Å². The third kappa shape index (κ3) is 4.28. The largest absolute Gasteiger partial charge is 0.313 e. The van der Waals surface area contributed by atoms with Crippen LogP contribution in [0.5, 0.6) is 0 Å². The molecule has 0 bridgehead atoms. The van der Waals surface area contributed by atoms with Gasteiger partial charge in [-0.05, 0) is 72.3 Å². The predicted octanol–water partition coefficient (Wildman–Crippen LogP) is 2.94. The fourth-order valence-corrected chi connectivity index (χ4v) is 4.76. The highest BCUT2D eigenvalue weighted by Crippen LogP contribution is 2.34. The number of aryl methyl sites for hydroxylation is 1. The Bertz CT molecular complexity index is 612. The Morgan fingerprint density at radius 3 is 2.62 bits per heavy atom. The van der Waals surface area contributed by atoms with Crippen molar-refractivity contribution in [2.75, 3.05) is 6.54 Å². The zero-order valence-electron chi connectivity index (χ0n) is 12.7. The monoisotopic (exact) mass is 374 g/mol. The minimum atomic E-state index is -3.49. The molecule has 4 nitrogen and oxygen atoms in total. The summed E-state index contributed by atoms with van der Waals surface area (Å²) in [5, 5.41) is 3.23. The van der Waals surface area contributed by atoms with E-state index in [9.17, 15) is 8.42 Å². The van der Waals surface area contributed by atoms with E-state index in [0.717, 1.165) is 30.5 Å². The van der Waals surface area contributed by atoms with E-state index in [0.29, 0.717) is 21.8 Å². The van der Waals surface area contributed by atoms with Gasteiger partial charge < -0.3 is 5.32 Å². The predicted molar refractivity (Wildman–Crippen MR) is 88.8 cm³/mol. The molecule has 2 N–H and O–H groups in total. The molecule has 1 fully saturated rings. The molecule has 6 heteroatoms. The fourth-order valence-electron chi connectivity index (χ4n) is 2.38. The van der Waals surface area contributed by atoms with Gasteiger partial charge in [0.05, 0.1) is 4.90 Å². The van der Waals surface area contributed by atoms with Crippen molar-refractivity contribution in [2.45, 2.75) is 51.1 Å².